The Labute approximate surface area is 123 Å². The molecule has 1 unspecified atom stereocenters. The van der Waals surface area contributed by atoms with Crippen LogP contribution in [0.3, 0.4) is 0 Å². The first-order chi connectivity index (χ1) is 8.91. The third kappa shape index (κ3) is 3.28. The summed E-state index contributed by atoms with van der Waals surface area (Å²) in [5, 5.41) is 3.29. The normalized spacial score (nSPS) is 13.5. The van der Waals surface area contributed by atoms with Crippen LogP contribution in [0.1, 0.15) is 43.7 Å². The van der Waals surface area contributed by atoms with Crippen LogP contribution in [0.25, 0.3) is 0 Å². The fourth-order valence-corrected chi connectivity index (χ4v) is 2.45. The van der Waals surface area contributed by atoms with Crippen LogP contribution < -0.4 is 5.32 Å². The third-order valence-electron chi connectivity index (χ3n) is 3.28. The molecular formula is C16H20BrNO. The molecule has 19 heavy (non-hydrogen) atoms. The Balaban J connectivity index is 2.30. The van der Waals surface area contributed by atoms with Crippen LogP contribution in [-0.4, -0.2) is 7.05 Å². The second-order valence-corrected chi connectivity index (χ2v) is 6.52. The van der Waals surface area contributed by atoms with Gasteiger partial charge in [0.2, 0.25) is 0 Å². The fraction of sp³-hybridized carbons (Fsp3) is 0.375. The van der Waals surface area contributed by atoms with E-state index >= 15 is 0 Å². The molecule has 102 valence electrons. The SMILES string of the molecule is CNC(c1ccc(C(C)(C)C)cc1)c1ccc(Br)o1. The second-order valence-electron chi connectivity index (χ2n) is 5.74. The van der Waals surface area contributed by atoms with E-state index in [-0.39, 0.29) is 11.5 Å². The summed E-state index contributed by atoms with van der Waals surface area (Å²) in [5.41, 5.74) is 2.73. The highest BCUT2D eigenvalue weighted by Crippen LogP contribution is 2.28. The van der Waals surface area contributed by atoms with Crippen molar-refractivity contribution in [3.05, 3.63) is 58.0 Å². The molecule has 0 saturated heterocycles. The van der Waals surface area contributed by atoms with Gasteiger partial charge in [-0.3, -0.25) is 0 Å². The standard InChI is InChI=1S/C16H20BrNO/c1-16(2,3)12-7-5-11(6-8-12)15(18-4)13-9-10-14(17)19-13/h5-10,15,18H,1-4H3. The molecule has 1 N–H and O–H groups in total. The van der Waals surface area contributed by atoms with E-state index in [9.17, 15) is 0 Å². The van der Waals surface area contributed by atoms with Crippen molar-refractivity contribution in [1.82, 2.24) is 5.32 Å². The number of furan rings is 1. The molecule has 1 aromatic heterocycles. The van der Waals surface area contributed by atoms with Gasteiger partial charge < -0.3 is 9.73 Å². The summed E-state index contributed by atoms with van der Waals surface area (Å²) in [4.78, 5) is 0. The first-order valence-electron chi connectivity index (χ1n) is 6.45. The number of nitrogens with one attached hydrogen (secondary N) is 1. The van der Waals surface area contributed by atoms with E-state index in [1.807, 2.05) is 19.2 Å². The van der Waals surface area contributed by atoms with Gasteiger partial charge in [-0.1, -0.05) is 45.0 Å². The molecule has 2 rings (SSSR count). The molecule has 0 fully saturated rings. The fourth-order valence-electron chi connectivity index (χ4n) is 2.13. The summed E-state index contributed by atoms with van der Waals surface area (Å²) in [6.07, 6.45) is 0. The van der Waals surface area contributed by atoms with Crippen LogP contribution in [-0.2, 0) is 5.41 Å². The van der Waals surface area contributed by atoms with Crippen molar-refractivity contribution in [3.63, 3.8) is 0 Å². The smallest absolute Gasteiger partial charge is 0.169 e. The lowest BCUT2D eigenvalue weighted by molar-refractivity contribution is 0.447. The van der Waals surface area contributed by atoms with Gasteiger partial charge in [0.25, 0.3) is 0 Å². The molecule has 1 atom stereocenters. The van der Waals surface area contributed by atoms with Crippen molar-refractivity contribution in [2.45, 2.75) is 32.2 Å². The molecule has 0 radical (unpaired) electrons. The Kier molecular flexibility index (Phi) is 4.16. The maximum absolute atomic E-state index is 5.64. The van der Waals surface area contributed by atoms with Gasteiger partial charge in [-0.2, -0.15) is 0 Å². The van der Waals surface area contributed by atoms with Gasteiger partial charge in [-0.15, -0.1) is 0 Å². The molecule has 0 aliphatic carbocycles. The third-order valence-corrected chi connectivity index (χ3v) is 3.70. The highest BCUT2D eigenvalue weighted by Gasteiger charge is 2.18. The van der Waals surface area contributed by atoms with Crippen molar-refractivity contribution in [2.24, 2.45) is 0 Å². The van der Waals surface area contributed by atoms with Crippen LogP contribution in [0.5, 0.6) is 0 Å². The number of halogens is 1. The van der Waals surface area contributed by atoms with Gasteiger partial charge in [0.05, 0.1) is 6.04 Å². The molecule has 0 amide bonds. The summed E-state index contributed by atoms with van der Waals surface area (Å²) in [6, 6.07) is 12.7. The summed E-state index contributed by atoms with van der Waals surface area (Å²) < 4.78 is 6.40. The predicted molar refractivity (Wildman–Crippen MR) is 82.5 cm³/mol. The summed E-state index contributed by atoms with van der Waals surface area (Å²) in [7, 11) is 1.94. The Hall–Kier alpha value is -1.06. The molecule has 2 aromatic rings. The number of hydrogen-bond acceptors (Lipinski definition) is 2. The molecule has 1 heterocycles. The zero-order chi connectivity index (χ0) is 14.0. The van der Waals surface area contributed by atoms with Gasteiger partial charge in [-0.05, 0) is 51.7 Å². The first kappa shape index (κ1) is 14.4. The molecule has 0 bridgehead atoms. The van der Waals surface area contributed by atoms with E-state index in [1.165, 1.54) is 11.1 Å². The van der Waals surface area contributed by atoms with Crippen LogP contribution >= 0.6 is 15.9 Å². The summed E-state index contributed by atoms with van der Waals surface area (Å²) >= 11 is 3.35. The van der Waals surface area contributed by atoms with Crippen molar-refractivity contribution < 1.29 is 4.42 Å². The number of benzene rings is 1. The Morgan fingerprint density at radius 3 is 2.11 bits per heavy atom. The quantitative estimate of drug-likeness (QED) is 0.890. The van der Waals surface area contributed by atoms with Gasteiger partial charge in [-0.25, -0.2) is 0 Å². The van der Waals surface area contributed by atoms with Crippen LogP contribution in [0.2, 0.25) is 0 Å². The van der Waals surface area contributed by atoms with Crippen LogP contribution in [0.4, 0.5) is 0 Å². The highest BCUT2D eigenvalue weighted by atomic mass is 79.9. The number of rotatable bonds is 3. The molecule has 0 saturated carbocycles. The molecule has 1 aromatic carbocycles. The lowest BCUT2D eigenvalue weighted by Crippen LogP contribution is -2.17. The zero-order valence-electron chi connectivity index (χ0n) is 11.8. The molecule has 0 spiro atoms. The predicted octanol–water partition coefficient (Wildman–Crippen LogP) is 4.65. The van der Waals surface area contributed by atoms with Gasteiger partial charge in [0.15, 0.2) is 4.67 Å². The molecular weight excluding hydrogens is 302 g/mol. The minimum Gasteiger partial charge on any atom is -0.452 e. The molecule has 2 nitrogen and oxygen atoms in total. The number of hydrogen-bond donors (Lipinski definition) is 1. The minimum atomic E-state index is 0.0836. The average Bonchev–Trinajstić information content (AvgIpc) is 2.76. The highest BCUT2D eigenvalue weighted by molar-refractivity contribution is 9.10. The van der Waals surface area contributed by atoms with Crippen LogP contribution in [0, 0.1) is 0 Å². The molecule has 0 aliphatic rings. The average molecular weight is 322 g/mol. The molecule has 0 aliphatic heterocycles. The van der Waals surface area contributed by atoms with E-state index < -0.39 is 0 Å². The van der Waals surface area contributed by atoms with Gasteiger partial charge >= 0.3 is 0 Å². The van der Waals surface area contributed by atoms with E-state index in [0.717, 1.165) is 10.4 Å². The maximum atomic E-state index is 5.64. The lowest BCUT2D eigenvalue weighted by Gasteiger charge is -2.20. The Bertz CT molecular complexity index is 537. The topological polar surface area (TPSA) is 25.2 Å². The minimum absolute atomic E-state index is 0.0836. The maximum Gasteiger partial charge on any atom is 0.169 e. The second kappa shape index (κ2) is 5.51. The lowest BCUT2D eigenvalue weighted by atomic mass is 9.86. The van der Waals surface area contributed by atoms with Crippen molar-refractivity contribution in [1.29, 1.82) is 0 Å². The van der Waals surface area contributed by atoms with Crippen molar-refractivity contribution in [2.75, 3.05) is 7.05 Å². The van der Waals surface area contributed by atoms with Gasteiger partial charge in [0, 0.05) is 0 Å². The van der Waals surface area contributed by atoms with Gasteiger partial charge in [0.1, 0.15) is 5.76 Å². The summed E-state index contributed by atoms with van der Waals surface area (Å²) in [6.45, 7) is 6.67. The van der Waals surface area contributed by atoms with E-state index in [1.54, 1.807) is 0 Å². The van der Waals surface area contributed by atoms with Crippen LogP contribution in [0.15, 0.2) is 45.5 Å². The van der Waals surface area contributed by atoms with E-state index in [0.29, 0.717) is 0 Å². The van der Waals surface area contributed by atoms with Crippen molar-refractivity contribution in [3.8, 4) is 0 Å². The van der Waals surface area contributed by atoms with E-state index in [4.69, 9.17) is 4.42 Å². The Morgan fingerprint density at radius 2 is 1.68 bits per heavy atom. The largest absolute Gasteiger partial charge is 0.452 e. The van der Waals surface area contributed by atoms with E-state index in [2.05, 4.69) is 66.3 Å². The summed E-state index contributed by atoms with van der Waals surface area (Å²) in [5.74, 6) is 0.915. The Morgan fingerprint density at radius 1 is 1.05 bits per heavy atom. The molecule has 3 heteroatoms. The zero-order valence-corrected chi connectivity index (χ0v) is 13.4. The van der Waals surface area contributed by atoms with Crippen molar-refractivity contribution >= 4 is 15.9 Å². The first-order valence-corrected chi connectivity index (χ1v) is 7.24. The monoisotopic (exact) mass is 321 g/mol.